The second kappa shape index (κ2) is 5.25. The quantitative estimate of drug-likeness (QED) is 0.686. The molecule has 3 nitrogen and oxygen atoms in total. The van der Waals surface area contributed by atoms with Crippen LogP contribution in [0, 0.1) is 10.5 Å². The van der Waals surface area contributed by atoms with Gasteiger partial charge >= 0.3 is 5.97 Å². The number of aryl methyl sites for hydroxylation is 1. The van der Waals surface area contributed by atoms with Gasteiger partial charge < -0.3 is 5.11 Å². The molecule has 0 spiro atoms. The highest BCUT2D eigenvalue weighted by molar-refractivity contribution is 14.1. The number of benzene rings is 1. The summed E-state index contributed by atoms with van der Waals surface area (Å²) < 4.78 is 1.10. The lowest BCUT2D eigenvalue weighted by Gasteiger charge is -2.02. The van der Waals surface area contributed by atoms with Gasteiger partial charge in [-0.15, -0.1) is 0 Å². The van der Waals surface area contributed by atoms with E-state index in [1.165, 1.54) is 0 Å². The lowest BCUT2D eigenvalue weighted by molar-refractivity contribution is -0.136. The van der Waals surface area contributed by atoms with Gasteiger partial charge in [-0.25, -0.2) is 0 Å². The Morgan fingerprint density at radius 3 is 2.53 bits per heavy atom. The van der Waals surface area contributed by atoms with Crippen LogP contribution in [0.3, 0.4) is 0 Å². The first-order valence-electron chi connectivity index (χ1n) is 4.52. The fourth-order valence-corrected chi connectivity index (χ4v) is 1.52. The number of halogens is 1. The summed E-state index contributed by atoms with van der Waals surface area (Å²) in [6, 6.07) is 5.40. The number of carboxylic acid groups (broad SMARTS) is 1. The molecule has 1 rings (SSSR count). The summed E-state index contributed by atoms with van der Waals surface area (Å²) in [5.41, 5.74) is 1.63. The molecule has 1 aromatic rings. The van der Waals surface area contributed by atoms with Crippen molar-refractivity contribution in [1.29, 1.82) is 0 Å². The third-order valence-electron chi connectivity index (χ3n) is 2.05. The van der Waals surface area contributed by atoms with Gasteiger partial charge in [-0.05, 0) is 47.2 Å². The molecule has 0 heterocycles. The van der Waals surface area contributed by atoms with Crippen molar-refractivity contribution in [3.8, 4) is 0 Å². The van der Waals surface area contributed by atoms with Gasteiger partial charge in [-0.1, -0.05) is 6.07 Å². The highest BCUT2D eigenvalue weighted by Gasteiger charge is 2.09. The first kappa shape index (κ1) is 12.2. The summed E-state index contributed by atoms with van der Waals surface area (Å²) in [5.74, 6) is -1.05. The molecule has 0 aliphatic heterocycles. The minimum atomic E-state index is -0.939. The maximum absolute atomic E-state index is 11.5. The molecule has 0 aliphatic rings. The van der Waals surface area contributed by atoms with Crippen molar-refractivity contribution in [2.75, 3.05) is 0 Å². The summed E-state index contributed by atoms with van der Waals surface area (Å²) in [7, 11) is 0. The van der Waals surface area contributed by atoms with Gasteiger partial charge in [0.1, 0.15) is 0 Å². The molecule has 1 N–H and O–H groups in total. The number of hydrogen-bond acceptors (Lipinski definition) is 2. The normalized spacial score (nSPS) is 10.0. The van der Waals surface area contributed by atoms with Crippen LogP contribution in [-0.4, -0.2) is 16.9 Å². The molecule has 80 valence electrons. The van der Waals surface area contributed by atoms with E-state index in [1.54, 1.807) is 12.1 Å². The molecule has 0 amide bonds. The van der Waals surface area contributed by atoms with Gasteiger partial charge in [-0.3, -0.25) is 9.59 Å². The van der Waals surface area contributed by atoms with E-state index in [9.17, 15) is 9.59 Å². The Kier molecular flexibility index (Phi) is 4.26. The second-order valence-electron chi connectivity index (χ2n) is 3.28. The van der Waals surface area contributed by atoms with E-state index in [2.05, 4.69) is 22.6 Å². The van der Waals surface area contributed by atoms with Crippen LogP contribution >= 0.6 is 22.6 Å². The van der Waals surface area contributed by atoms with Crippen LogP contribution in [0.4, 0.5) is 0 Å². The monoisotopic (exact) mass is 318 g/mol. The van der Waals surface area contributed by atoms with E-state index in [1.807, 2.05) is 13.0 Å². The van der Waals surface area contributed by atoms with Gasteiger partial charge in [0.15, 0.2) is 5.78 Å². The summed E-state index contributed by atoms with van der Waals surface area (Å²) >= 11 is 2.19. The van der Waals surface area contributed by atoms with Crippen molar-refractivity contribution >= 4 is 34.3 Å². The zero-order valence-corrected chi connectivity index (χ0v) is 10.4. The van der Waals surface area contributed by atoms with Gasteiger partial charge in [0.2, 0.25) is 0 Å². The molecule has 0 fully saturated rings. The fraction of sp³-hybridized carbons (Fsp3) is 0.273. The molecule has 0 atom stereocenters. The summed E-state index contributed by atoms with van der Waals surface area (Å²) in [5, 5.41) is 8.45. The maximum Gasteiger partial charge on any atom is 0.303 e. The molecular formula is C11H11IO3. The SMILES string of the molecule is Cc1cc(C(=O)CCC(=O)O)ccc1I. The minimum Gasteiger partial charge on any atom is -0.481 e. The number of Topliss-reactive ketones (excluding diaryl/α,β-unsaturated/α-hetero) is 1. The van der Waals surface area contributed by atoms with Crippen LogP contribution in [0.5, 0.6) is 0 Å². The third kappa shape index (κ3) is 3.62. The topological polar surface area (TPSA) is 54.4 Å². The van der Waals surface area contributed by atoms with E-state index < -0.39 is 5.97 Å². The number of carboxylic acids is 1. The van der Waals surface area contributed by atoms with E-state index in [0.717, 1.165) is 9.13 Å². The van der Waals surface area contributed by atoms with Gasteiger partial charge in [-0.2, -0.15) is 0 Å². The predicted octanol–water partition coefficient (Wildman–Crippen LogP) is 2.65. The highest BCUT2D eigenvalue weighted by Crippen LogP contribution is 2.14. The standard InChI is InChI=1S/C11H11IO3/c1-7-6-8(2-3-9(7)12)10(13)4-5-11(14)15/h2-3,6H,4-5H2,1H3,(H,14,15). The summed E-state index contributed by atoms with van der Waals surface area (Å²) in [6.45, 7) is 1.93. The molecule has 0 saturated heterocycles. The molecule has 4 heteroatoms. The Bertz CT molecular complexity index is 399. The van der Waals surface area contributed by atoms with Crippen molar-refractivity contribution in [2.24, 2.45) is 0 Å². The maximum atomic E-state index is 11.5. The van der Waals surface area contributed by atoms with E-state index in [-0.39, 0.29) is 18.6 Å². The van der Waals surface area contributed by atoms with Crippen molar-refractivity contribution in [1.82, 2.24) is 0 Å². The van der Waals surface area contributed by atoms with Crippen LogP contribution in [-0.2, 0) is 4.79 Å². The first-order valence-corrected chi connectivity index (χ1v) is 5.59. The molecule has 0 bridgehead atoms. The molecule has 1 aromatic carbocycles. The lowest BCUT2D eigenvalue weighted by atomic mass is 10.0. The number of carbonyl (C=O) groups excluding carboxylic acids is 1. The average Bonchev–Trinajstić information content (AvgIpc) is 2.18. The van der Waals surface area contributed by atoms with E-state index >= 15 is 0 Å². The van der Waals surface area contributed by atoms with Crippen molar-refractivity contribution in [2.45, 2.75) is 19.8 Å². The summed E-state index contributed by atoms with van der Waals surface area (Å²) in [4.78, 5) is 21.8. The van der Waals surface area contributed by atoms with Crippen LogP contribution < -0.4 is 0 Å². The molecule has 0 radical (unpaired) electrons. The molecular weight excluding hydrogens is 307 g/mol. The fourth-order valence-electron chi connectivity index (χ4n) is 1.18. The summed E-state index contributed by atoms with van der Waals surface area (Å²) in [6.07, 6.45) is -0.0424. The van der Waals surface area contributed by atoms with Gasteiger partial charge in [0.05, 0.1) is 6.42 Å². The Morgan fingerprint density at radius 2 is 2.00 bits per heavy atom. The highest BCUT2D eigenvalue weighted by atomic mass is 127. The second-order valence-corrected chi connectivity index (χ2v) is 4.44. The van der Waals surface area contributed by atoms with Gasteiger partial charge in [0.25, 0.3) is 0 Å². The largest absolute Gasteiger partial charge is 0.481 e. The average molecular weight is 318 g/mol. The van der Waals surface area contributed by atoms with Crippen LogP contribution in [0.2, 0.25) is 0 Å². The van der Waals surface area contributed by atoms with Gasteiger partial charge in [0, 0.05) is 15.6 Å². The van der Waals surface area contributed by atoms with Crippen LogP contribution in [0.1, 0.15) is 28.8 Å². The predicted molar refractivity (Wildman–Crippen MR) is 65.1 cm³/mol. The Morgan fingerprint density at radius 1 is 1.33 bits per heavy atom. The number of hydrogen-bond donors (Lipinski definition) is 1. The first-order chi connectivity index (χ1) is 7.00. The molecule has 0 unspecified atom stereocenters. The van der Waals surface area contributed by atoms with E-state index in [0.29, 0.717) is 5.56 Å². The number of aliphatic carboxylic acids is 1. The number of rotatable bonds is 4. The third-order valence-corrected chi connectivity index (χ3v) is 3.26. The van der Waals surface area contributed by atoms with E-state index in [4.69, 9.17) is 5.11 Å². The minimum absolute atomic E-state index is 0.0648. The number of carbonyl (C=O) groups is 2. The van der Waals surface area contributed by atoms with Crippen molar-refractivity contribution in [3.63, 3.8) is 0 Å². The zero-order valence-electron chi connectivity index (χ0n) is 8.29. The molecule has 0 aromatic heterocycles. The van der Waals surface area contributed by atoms with Crippen molar-refractivity contribution in [3.05, 3.63) is 32.9 Å². The van der Waals surface area contributed by atoms with Crippen LogP contribution in [0.15, 0.2) is 18.2 Å². The van der Waals surface area contributed by atoms with Crippen molar-refractivity contribution < 1.29 is 14.7 Å². The zero-order chi connectivity index (χ0) is 11.4. The molecule has 0 aliphatic carbocycles. The lowest BCUT2D eigenvalue weighted by Crippen LogP contribution is -2.04. The molecule has 0 saturated carbocycles. The Hall–Kier alpha value is -0.910. The Balaban J connectivity index is 2.74. The Labute approximate surface area is 102 Å². The van der Waals surface area contributed by atoms with Crippen LogP contribution in [0.25, 0.3) is 0 Å². The smallest absolute Gasteiger partial charge is 0.303 e. The molecule has 15 heavy (non-hydrogen) atoms. The number of ketones is 1.